The zero-order valence-corrected chi connectivity index (χ0v) is 9.83. The number of nitrogens with zero attached hydrogens (tertiary/aromatic N) is 3. The maximum absolute atomic E-state index is 12.5. The molecule has 1 aromatic rings. The zero-order chi connectivity index (χ0) is 13.8. The highest BCUT2D eigenvalue weighted by atomic mass is 19.4. The highest BCUT2D eigenvalue weighted by molar-refractivity contribution is 5.54. The van der Waals surface area contributed by atoms with Gasteiger partial charge in [-0.3, -0.25) is 0 Å². The Labute approximate surface area is 103 Å². The van der Waals surface area contributed by atoms with E-state index in [1.807, 2.05) is 6.07 Å². The van der Waals surface area contributed by atoms with Gasteiger partial charge in [-0.25, -0.2) is 4.98 Å². The topological polar surface area (TPSA) is 65.9 Å². The first kappa shape index (κ1) is 14.3. The van der Waals surface area contributed by atoms with Gasteiger partial charge in [-0.1, -0.05) is 0 Å². The molecule has 0 aliphatic rings. The Kier molecular flexibility index (Phi) is 4.50. The molecule has 0 amide bonds. The molecular formula is C11H13F3N4. The molecule has 0 radical (unpaired) electrons. The molecule has 0 bridgehead atoms. The van der Waals surface area contributed by atoms with Gasteiger partial charge < -0.3 is 10.6 Å². The molecule has 0 spiro atoms. The van der Waals surface area contributed by atoms with Crippen LogP contribution in [-0.4, -0.2) is 25.1 Å². The molecule has 0 aromatic carbocycles. The van der Waals surface area contributed by atoms with Crippen LogP contribution in [0.2, 0.25) is 0 Å². The Bertz CT molecular complexity index is 451. The molecule has 0 saturated carbocycles. The minimum atomic E-state index is -4.52. The van der Waals surface area contributed by atoms with Gasteiger partial charge in [-0.2, -0.15) is 18.4 Å². The van der Waals surface area contributed by atoms with Gasteiger partial charge in [0.1, 0.15) is 17.6 Å². The van der Waals surface area contributed by atoms with E-state index in [4.69, 9.17) is 11.0 Å². The third-order valence-electron chi connectivity index (χ3n) is 2.35. The predicted molar refractivity (Wildman–Crippen MR) is 60.9 cm³/mol. The number of rotatable bonds is 4. The number of nitrogens with two attached hydrogens (primary N) is 1. The van der Waals surface area contributed by atoms with E-state index in [1.165, 1.54) is 4.90 Å². The molecule has 1 heterocycles. The van der Waals surface area contributed by atoms with E-state index in [0.29, 0.717) is 19.5 Å². The summed E-state index contributed by atoms with van der Waals surface area (Å²) in [5.74, 6) is 0.0285. The normalized spacial score (nSPS) is 11.1. The van der Waals surface area contributed by atoms with Gasteiger partial charge in [0, 0.05) is 13.6 Å². The lowest BCUT2D eigenvalue weighted by molar-refractivity contribution is -0.141. The number of pyridine rings is 1. The molecule has 2 N–H and O–H groups in total. The van der Waals surface area contributed by atoms with Crippen molar-refractivity contribution in [3.63, 3.8) is 0 Å². The predicted octanol–water partition coefficient (Wildman–Crippen LogP) is 1.76. The van der Waals surface area contributed by atoms with Gasteiger partial charge in [0.2, 0.25) is 0 Å². The van der Waals surface area contributed by atoms with E-state index in [-0.39, 0.29) is 11.4 Å². The van der Waals surface area contributed by atoms with Crippen molar-refractivity contribution < 1.29 is 13.2 Å². The molecule has 7 heteroatoms. The van der Waals surface area contributed by atoms with E-state index < -0.39 is 11.9 Å². The van der Waals surface area contributed by atoms with Crippen LogP contribution >= 0.6 is 0 Å². The highest BCUT2D eigenvalue weighted by Crippen LogP contribution is 2.30. The second-order valence-electron chi connectivity index (χ2n) is 3.74. The monoisotopic (exact) mass is 258 g/mol. The summed E-state index contributed by atoms with van der Waals surface area (Å²) in [6.07, 6.45) is -3.91. The number of nitriles is 1. The van der Waals surface area contributed by atoms with Crippen LogP contribution in [0.1, 0.15) is 17.7 Å². The molecule has 18 heavy (non-hydrogen) atoms. The third-order valence-corrected chi connectivity index (χ3v) is 2.35. The summed E-state index contributed by atoms with van der Waals surface area (Å²) in [6.45, 7) is 0.866. The Morgan fingerprint density at radius 2 is 2.11 bits per heavy atom. The Hall–Kier alpha value is -1.81. The van der Waals surface area contributed by atoms with Crippen molar-refractivity contribution in [2.24, 2.45) is 5.73 Å². The molecule has 0 fully saturated rings. The summed E-state index contributed by atoms with van der Waals surface area (Å²) in [6, 6.07) is 3.76. The number of halogens is 3. The first-order chi connectivity index (χ1) is 8.40. The summed E-state index contributed by atoms with van der Waals surface area (Å²) in [5.41, 5.74) is 4.44. The largest absolute Gasteiger partial charge is 0.433 e. The summed E-state index contributed by atoms with van der Waals surface area (Å²) in [5, 5.41) is 8.86. The quantitative estimate of drug-likeness (QED) is 0.893. The van der Waals surface area contributed by atoms with Gasteiger partial charge in [0.15, 0.2) is 0 Å². The van der Waals surface area contributed by atoms with Crippen LogP contribution in [0.5, 0.6) is 0 Å². The van der Waals surface area contributed by atoms with E-state index in [2.05, 4.69) is 4.98 Å². The number of hydrogen-bond acceptors (Lipinski definition) is 4. The second kappa shape index (κ2) is 5.69. The minimum absolute atomic E-state index is 0.0285. The lowest BCUT2D eigenvalue weighted by atomic mass is 10.2. The van der Waals surface area contributed by atoms with E-state index >= 15 is 0 Å². The molecule has 1 aromatic heterocycles. The second-order valence-corrected chi connectivity index (χ2v) is 3.74. The lowest BCUT2D eigenvalue weighted by Crippen LogP contribution is -2.24. The molecular weight excluding hydrogens is 245 g/mol. The SMILES string of the molecule is CN(CCCN)c1nc(C(F)(F)F)ccc1C#N. The van der Waals surface area contributed by atoms with Gasteiger partial charge in [0.25, 0.3) is 0 Å². The van der Waals surface area contributed by atoms with Crippen molar-refractivity contribution in [1.82, 2.24) is 4.98 Å². The highest BCUT2D eigenvalue weighted by Gasteiger charge is 2.33. The first-order valence-corrected chi connectivity index (χ1v) is 5.29. The molecule has 0 aliphatic heterocycles. The van der Waals surface area contributed by atoms with Crippen molar-refractivity contribution in [2.75, 3.05) is 25.0 Å². The van der Waals surface area contributed by atoms with Gasteiger partial charge >= 0.3 is 6.18 Å². The molecule has 4 nitrogen and oxygen atoms in total. The molecule has 98 valence electrons. The molecule has 1 rings (SSSR count). The average molecular weight is 258 g/mol. The van der Waals surface area contributed by atoms with Crippen LogP contribution in [0.3, 0.4) is 0 Å². The molecule has 0 unspecified atom stereocenters. The average Bonchev–Trinajstić information content (AvgIpc) is 2.34. The van der Waals surface area contributed by atoms with Crippen molar-refractivity contribution >= 4 is 5.82 Å². The number of aromatic nitrogens is 1. The van der Waals surface area contributed by atoms with Crippen LogP contribution < -0.4 is 10.6 Å². The van der Waals surface area contributed by atoms with Crippen molar-refractivity contribution in [3.05, 3.63) is 23.4 Å². The van der Waals surface area contributed by atoms with Gasteiger partial charge in [-0.15, -0.1) is 0 Å². The van der Waals surface area contributed by atoms with Crippen LogP contribution in [0, 0.1) is 11.3 Å². The van der Waals surface area contributed by atoms with Crippen molar-refractivity contribution in [1.29, 1.82) is 5.26 Å². The first-order valence-electron chi connectivity index (χ1n) is 5.29. The lowest BCUT2D eigenvalue weighted by Gasteiger charge is -2.20. The number of anilines is 1. The smallest absolute Gasteiger partial charge is 0.359 e. The fourth-order valence-corrected chi connectivity index (χ4v) is 1.42. The Balaban J connectivity index is 3.11. The molecule has 0 atom stereocenters. The third kappa shape index (κ3) is 3.34. The minimum Gasteiger partial charge on any atom is -0.359 e. The fourth-order valence-electron chi connectivity index (χ4n) is 1.42. The maximum Gasteiger partial charge on any atom is 0.433 e. The summed E-state index contributed by atoms with van der Waals surface area (Å²) in [4.78, 5) is 5.01. The van der Waals surface area contributed by atoms with Crippen LogP contribution in [0.25, 0.3) is 0 Å². The van der Waals surface area contributed by atoms with Crippen LogP contribution in [-0.2, 0) is 6.18 Å². The van der Waals surface area contributed by atoms with Crippen LogP contribution in [0.4, 0.5) is 19.0 Å². The molecule has 0 aliphatic carbocycles. The van der Waals surface area contributed by atoms with Crippen molar-refractivity contribution in [3.8, 4) is 6.07 Å². The van der Waals surface area contributed by atoms with Gasteiger partial charge in [-0.05, 0) is 25.1 Å². The molecule has 0 saturated heterocycles. The standard InChI is InChI=1S/C11H13F3N4/c1-18(6-2-5-15)10-8(7-16)3-4-9(17-10)11(12,13)14/h3-4H,2,5-6,15H2,1H3. The fraction of sp³-hybridized carbons (Fsp3) is 0.455. The van der Waals surface area contributed by atoms with E-state index in [0.717, 1.165) is 12.1 Å². The maximum atomic E-state index is 12.5. The van der Waals surface area contributed by atoms with E-state index in [1.54, 1.807) is 7.05 Å². The van der Waals surface area contributed by atoms with Crippen LogP contribution in [0.15, 0.2) is 12.1 Å². The number of hydrogen-bond donors (Lipinski definition) is 1. The van der Waals surface area contributed by atoms with Crippen molar-refractivity contribution in [2.45, 2.75) is 12.6 Å². The summed E-state index contributed by atoms with van der Waals surface area (Å²) < 4.78 is 37.6. The number of alkyl halides is 3. The zero-order valence-electron chi connectivity index (χ0n) is 9.83. The summed E-state index contributed by atoms with van der Waals surface area (Å²) in [7, 11) is 1.58. The Morgan fingerprint density at radius 1 is 1.44 bits per heavy atom. The van der Waals surface area contributed by atoms with E-state index in [9.17, 15) is 13.2 Å². The van der Waals surface area contributed by atoms with Gasteiger partial charge in [0.05, 0.1) is 5.56 Å². The Morgan fingerprint density at radius 3 is 2.61 bits per heavy atom. The summed E-state index contributed by atoms with van der Waals surface area (Å²) >= 11 is 0.